The Labute approximate surface area is 118 Å². The molecule has 1 aromatic carbocycles. The van der Waals surface area contributed by atoms with Crippen molar-refractivity contribution in [1.29, 1.82) is 0 Å². The lowest BCUT2D eigenvalue weighted by atomic mass is 10.3. The maximum Gasteiger partial charge on any atom is 0.354 e. The van der Waals surface area contributed by atoms with Crippen LogP contribution in [0.5, 0.6) is 17.4 Å². The predicted octanol–water partition coefficient (Wildman–Crippen LogP) is 2.49. The third kappa shape index (κ3) is 3.24. The summed E-state index contributed by atoms with van der Waals surface area (Å²) in [4.78, 5) is 24.8. The van der Waals surface area contributed by atoms with E-state index in [1.54, 1.807) is 0 Å². The Morgan fingerprint density at radius 2 is 2.05 bits per heavy atom. The molecule has 0 fully saturated rings. The van der Waals surface area contributed by atoms with Gasteiger partial charge in [-0.3, -0.25) is 10.1 Å². The topological polar surface area (TPSA) is 112 Å². The predicted molar refractivity (Wildman–Crippen MR) is 70.9 cm³/mol. The van der Waals surface area contributed by atoms with Crippen LogP contribution < -0.4 is 9.47 Å². The summed E-state index contributed by atoms with van der Waals surface area (Å²) in [5.41, 5.74) is -0.378. The zero-order valence-electron chi connectivity index (χ0n) is 10.8. The Balaban J connectivity index is 2.37. The number of hydrogen-bond donors (Lipinski definition) is 1. The quantitative estimate of drug-likeness (QED) is 0.664. The van der Waals surface area contributed by atoms with Gasteiger partial charge in [0.15, 0.2) is 17.2 Å². The Morgan fingerprint density at radius 3 is 2.67 bits per heavy atom. The molecular weight excluding hydrogens is 280 g/mol. The third-order valence-electron chi connectivity index (χ3n) is 2.52. The number of aromatic carboxylic acids is 1. The largest absolute Gasteiger partial charge is 0.493 e. The van der Waals surface area contributed by atoms with Gasteiger partial charge in [-0.25, -0.2) is 9.78 Å². The van der Waals surface area contributed by atoms with Gasteiger partial charge in [0.2, 0.25) is 5.88 Å². The number of non-ortho nitro benzene ring substituents is 1. The van der Waals surface area contributed by atoms with E-state index in [0.29, 0.717) is 0 Å². The number of carboxylic acids is 1. The third-order valence-corrected chi connectivity index (χ3v) is 2.52. The minimum Gasteiger partial charge on any atom is -0.493 e. The first-order valence-corrected chi connectivity index (χ1v) is 5.72. The maximum atomic E-state index is 10.8. The lowest BCUT2D eigenvalue weighted by molar-refractivity contribution is -0.384. The van der Waals surface area contributed by atoms with Gasteiger partial charge >= 0.3 is 5.97 Å². The van der Waals surface area contributed by atoms with E-state index >= 15 is 0 Å². The molecule has 1 heterocycles. The molecule has 2 rings (SSSR count). The van der Waals surface area contributed by atoms with Crippen molar-refractivity contribution in [3.8, 4) is 17.4 Å². The second-order valence-corrected chi connectivity index (χ2v) is 3.86. The van der Waals surface area contributed by atoms with Gasteiger partial charge < -0.3 is 14.6 Å². The van der Waals surface area contributed by atoms with E-state index in [1.807, 2.05) is 0 Å². The van der Waals surface area contributed by atoms with Crippen LogP contribution in [0, 0.1) is 10.1 Å². The van der Waals surface area contributed by atoms with Crippen LogP contribution in [-0.4, -0.2) is 28.1 Å². The van der Waals surface area contributed by atoms with Crippen LogP contribution in [0.25, 0.3) is 0 Å². The molecule has 0 saturated carbocycles. The number of rotatable bonds is 5. The Bertz CT molecular complexity index is 701. The van der Waals surface area contributed by atoms with Gasteiger partial charge in [0.25, 0.3) is 5.69 Å². The number of carboxylic acid groups (broad SMARTS) is 1. The first-order chi connectivity index (χ1) is 10.0. The number of nitro benzene ring substituents is 1. The number of hydrogen-bond acceptors (Lipinski definition) is 6. The van der Waals surface area contributed by atoms with Gasteiger partial charge in [-0.1, -0.05) is 6.07 Å². The van der Waals surface area contributed by atoms with E-state index in [9.17, 15) is 14.9 Å². The van der Waals surface area contributed by atoms with Gasteiger partial charge in [0.1, 0.15) is 0 Å². The van der Waals surface area contributed by atoms with Crippen LogP contribution in [0.2, 0.25) is 0 Å². The fourth-order valence-electron chi connectivity index (χ4n) is 1.56. The summed E-state index contributed by atoms with van der Waals surface area (Å²) in [7, 11) is 1.38. The molecule has 0 unspecified atom stereocenters. The highest BCUT2D eigenvalue weighted by Gasteiger charge is 2.14. The molecule has 0 aliphatic rings. The van der Waals surface area contributed by atoms with E-state index in [0.717, 1.165) is 0 Å². The lowest BCUT2D eigenvalue weighted by Gasteiger charge is -2.09. The van der Waals surface area contributed by atoms with Gasteiger partial charge in [0, 0.05) is 12.1 Å². The average Bonchev–Trinajstić information content (AvgIpc) is 2.47. The van der Waals surface area contributed by atoms with E-state index in [-0.39, 0.29) is 28.8 Å². The summed E-state index contributed by atoms with van der Waals surface area (Å²) in [6.45, 7) is 0. The van der Waals surface area contributed by atoms with Crippen molar-refractivity contribution in [2.45, 2.75) is 0 Å². The average molecular weight is 290 g/mol. The fraction of sp³-hybridized carbons (Fsp3) is 0.0769. The van der Waals surface area contributed by atoms with Crippen LogP contribution in [0.1, 0.15) is 10.5 Å². The van der Waals surface area contributed by atoms with Crippen LogP contribution in [0.15, 0.2) is 36.4 Å². The summed E-state index contributed by atoms with van der Waals surface area (Å²) in [5.74, 6) is -0.870. The van der Waals surface area contributed by atoms with Crippen LogP contribution in [0.3, 0.4) is 0 Å². The summed E-state index contributed by atoms with van der Waals surface area (Å²) in [6, 6.07) is 8.02. The summed E-state index contributed by atoms with van der Waals surface area (Å²) >= 11 is 0. The number of aromatic nitrogens is 1. The Morgan fingerprint density at radius 1 is 1.29 bits per heavy atom. The van der Waals surface area contributed by atoms with Gasteiger partial charge in [-0.05, 0) is 12.1 Å². The highest BCUT2D eigenvalue weighted by atomic mass is 16.6. The molecule has 21 heavy (non-hydrogen) atoms. The molecule has 1 aromatic heterocycles. The highest BCUT2D eigenvalue weighted by molar-refractivity contribution is 5.85. The van der Waals surface area contributed by atoms with Crippen LogP contribution >= 0.6 is 0 Å². The van der Waals surface area contributed by atoms with Gasteiger partial charge in [0.05, 0.1) is 18.1 Å². The molecule has 0 aliphatic heterocycles. The summed E-state index contributed by atoms with van der Waals surface area (Å²) in [6.07, 6.45) is 0. The molecule has 0 bridgehead atoms. The van der Waals surface area contributed by atoms with Crippen molar-refractivity contribution in [3.63, 3.8) is 0 Å². The molecular formula is C13H10N2O6. The number of nitro groups is 1. The zero-order valence-corrected chi connectivity index (χ0v) is 10.8. The second kappa shape index (κ2) is 5.87. The first-order valence-electron chi connectivity index (χ1n) is 5.72. The molecule has 108 valence electrons. The van der Waals surface area contributed by atoms with E-state index in [2.05, 4.69) is 4.98 Å². The molecule has 8 nitrogen and oxygen atoms in total. The molecule has 0 saturated heterocycles. The Hall–Kier alpha value is -3.16. The Kier molecular flexibility index (Phi) is 3.98. The molecule has 1 N–H and O–H groups in total. The van der Waals surface area contributed by atoms with Crippen molar-refractivity contribution < 1.29 is 24.3 Å². The standard InChI is InChI=1S/C13H10N2O6/c1-20-10-6-5-8(15(18)19)7-11(10)21-12-4-2-3-9(14-12)13(16)17/h2-7H,1H3,(H,16,17). The summed E-state index contributed by atoms with van der Waals surface area (Å²) < 4.78 is 10.4. The SMILES string of the molecule is COc1ccc([N+](=O)[O-])cc1Oc1cccc(C(=O)O)n1. The number of nitrogens with zero attached hydrogens (tertiary/aromatic N) is 2. The van der Waals surface area contributed by atoms with Crippen molar-refractivity contribution >= 4 is 11.7 Å². The number of pyridine rings is 1. The highest BCUT2D eigenvalue weighted by Crippen LogP contribution is 2.34. The molecule has 0 spiro atoms. The number of methoxy groups -OCH3 is 1. The fourth-order valence-corrected chi connectivity index (χ4v) is 1.56. The van der Waals surface area contributed by atoms with Crippen molar-refractivity contribution in [2.24, 2.45) is 0 Å². The number of carbonyl (C=O) groups is 1. The van der Waals surface area contributed by atoms with Gasteiger partial charge in [-0.2, -0.15) is 0 Å². The van der Waals surface area contributed by atoms with Crippen LogP contribution in [0.4, 0.5) is 5.69 Å². The normalized spacial score (nSPS) is 9.95. The maximum absolute atomic E-state index is 10.8. The first kappa shape index (κ1) is 14.3. The van der Waals surface area contributed by atoms with Crippen molar-refractivity contribution in [2.75, 3.05) is 7.11 Å². The number of ether oxygens (including phenoxy) is 2. The van der Waals surface area contributed by atoms with Crippen molar-refractivity contribution in [3.05, 3.63) is 52.2 Å². The summed E-state index contributed by atoms with van der Waals surface area (Å²) in [5, 5.41) is 19.6. The minimum absolute atomic E-state index is 0.00584. The second-order valence-electron chi connectivity index (χ2n) is 3.86. The van der Waals surface area contributed by atoms with Crippen LogP contribution in [-0.2, 0) is 0 Å². The molecule has 0 radical (unpaired) electrons. The molecule has 0 amide bonds. The number of benzene rings is 1. The van der Waals surface area contributed by atoms with Gasteiger partial charge in [-0.15, -0.1) is 0 Å². The van der Waals surface area contributed by atoms with E-state index in [1.165, 1.54) is 43.5 Å². The molecule has 8 heteroatoms. The molecule has 0 aliphatic carbocycles. The van der Waals surface area contributed by atoms with E-state index < -0.39 is 10.9 Å². The minimum atomic E-state index is -1.20. The van der Waals surface area contributed by atoms with E-state index in [4.69, 9.17) is 14.6 Å². The monoisotopic (exact) mass is 290 g/mol. The molecule has 2 aromatic rings. The van der Waals surface area contributed by atoms with Crippen molar-refractivity contribution in [1.82, 2.24) is 4.98 Å². The molecule has 0 atom stereocenters. The lowest BCUT2D eigenvalue weighted by Crippen LogP contribution is -2.01. The smallest absolute Gasteiger partial charge is 0.354 e. The zero-order chi connectivity index (χ0) is 15.4.